The van der Waals surface area contributed by atoms with Crippen molar-refractivity contribution < 1.29 is 17.9 Å². The maximum Gasteiger partial charge on any atom is 0.276 e. The first kappa shape index (κ1) is 18.1. The first-order valence-electron chi connectivity index (χ1n) is 6.90. The van der Waals surface area contributed by atoms with Crippen LogP contribution in [0, 0.1) is 6.92 Å². The molecule has 0 radical (unpaired) electrons. The number of aryl methyl sites for hydroxylation is 1. The molecule has 0 saturated carbocycles. The van der Waals surface area contributed by atoms with Gasteiger partial charge in [0, 0.05) is 11.6 Å². The number of methoxy groups -OCH3 is 2. The van der Waals surface area contributed by atoms with E-state index in [2.05, 4.69) is 9.93 Å². The number of nitrogens with zero attached hydrogens (tertiary/aromatic N) is 1. The highest BCUT2D eigenvalue weighted by atomic mass is 35.5. The number of benzene rings is 2. The molecule has 6 nitrogen and oxygen atoms in total. The van der Waals surface area contributed by atoms with Crippen molar-refractivity contribution in [2.24, 2.45) is 5.10 Å². The van der Waals surface area contributed by atoms with Crippen LogP contribution >= 0.6 is 11.6 Å². The Hall–Kier alpha value is -2.25. The molecule has 0 saturated heterocycles. The Morgan fingerprint density at radius 1 is 1.08 bits per heavy atom. The smallest absolute Gasteiger partial charge is 0.276 e. The molecule has 2 aromatic rings. The summed E-state index contributed by atoms with van der Waals surface area (Å²) in [7, 11) is -0.745. The summed E-state index contributed by atoms with van der Waals surface area (Å²) in [6.45, 7) is 1.88. The summed E-state index contributed by atoms with van der Waals surface area (Å²) in [5.41, 5.74) is 1.45. The van der Waals surface area contributed by atoms with Crippen LogP contribution in [-0.2, 0) is 10.0 Å². The molecule has 2 rings (SSSR count). The number of sulfonamides is 1. The van der Waals surface area contributed by atoms with Crippen LogP contribution in [0.4, 0.5) is 0 Å². The third-order valence-corrected chi connectivity index (χ3v) is 4.78. The zero-order valence-electron chi connectivity index (χ0n) is 13.4. The molecule has 8 heteroatoms. The molecule has 0 aliphatic heterocycles. The van der Waals surface area contributed by atoms with E-state index >= 15 is 0 Å². The molecular weight excluding hydrogens is 352 g/mol. The van der Waals surface area contributed by atoms with Crippen LogP contribution < -0.4 is 14.3 Å². The van der Waals surface area contributed by atoms with Crippen molar-refractivity contribution in [1.82, 2.24) is 4.83 Å². The van der Waals surface area contributed by atoms with Gasteiger partial charge in [0.15, 0.2) is 11.5 Å². The monoisotopic (exact) mass is 368 g/mol. The van der Waals surface area contributed by atoms with E-state index in [0.717, 1.165) is 5.56 Å². The predicted octanol–water partition coefficient (Wildman–Crippen LogP) is 2.98. The number of nitrogens with one attached hydrogen (secondary N) is 1. The lowest BCUT2D eigenvalue weighted by atomic mass is 10.2. The average Bonchev–Trinajstić information content (AvgIpc) is 2.56. The minimum atomic E-state index is -3.74. The molecule has 24 heavy (non-hydrogen) atoms. The first-order valence-corrected chi connectivity index (χ1v) is 8.76. The highest BCUT2D eigenvalue weighted by molar-refractivity contribution is 7.89. The van der Waals surface area contributed by atoms with E-state index in [0.29, 0.717) is 22.1 Å². The molecule has 0 aliphatic carbocycles. The van der Waals surface area contributed by atoms with Gasteiger partial charge in [-0.25, -0.2) is 4.83 Å². The van der Waals surface area contributed by atoms with Gasteiger partial charge in [-0.2, -0.15) is 13.5 Å². The normalized spacial score (nSPS) is 11.5. The number of halogens is 1. The molecular formula is C16H17ClN2O4S. The van der Waals surface area contributed by atoms with E-state index in [9.17, 15) is 8.42 Å². The highest BCUT2D eigenvalue weighted by Gasteiger charge is 2.12. The zero-order chi connectivity index (χ0) is 17.7. The summed E-state index contributed by atoms with van der Waals surface area (Å²) in [4.78, 5) is 2.28. The highest BCUT2D eigenvalue weighted by Crippen LogP contribution is 2.32. The van der Waals surface area contributed by atoms with Crippen molar-refractivity contribution in [3.8, 4) is 11.5 Å². The fourth-order valence-electron chi connectivity index (χ4n) is 1.90. The summed E-state index contributed by atoms with van der Waals surface area (Å²) in [5.74, 6) is 0.935. The maximum absolute atomic E-state index is 12.1. The molecule has 0 aromatic heterocycles. The second-order valence-corrected chi connectivity index (χ2v) is 6.96. The lowest BCUT2D eigenvalue weighted by Gasteiger charge is -2.09. The number of hydrogen-bond acceptors (Lipinski definition) is 5. The lowest BCUT2D eigenvalue weighted by molar-refractivity contribution is 0.355. The van der Waals surface area contributed by atoms with Crippen LogP contribution in [-0.4, -0.2) is 28.9 Å². The fourth-order valence-corrected chi connectivity index (χ4v) is 2.90. The Labute approximate surface area is 146 Å². The molecule has 0 heterocycles. The summed E-state index contributed by atoms with van der Waals surface area (Å²) in [6.07, 6.45) is 1.30. The van der Waals surface area contributed by atoms with E-state index in [1.807, 2.05) is 6.92 Å². The van der Waals surface area contributed by atoms with E-state index in [1.54, 1.807) is 24.3 Å². The van der Waals surface area contributed by atoms with Gasteiger partial charge in [0.1, 0.15) is 0 Å². The Morgan fingerprint density at radius 3 is 2.25 bits per heavy atom. The largest absolute Gasteiger partial charge is 0.493 e. The van der Waals surface area contributed by atoms with Gasteiger partial charge in [0.25, 0.3) is 10.0 Å². The number of hydrogen-bond donors (Lipinski definition) is 1. The molecule has 1 N–H and O–H groups in total. The molecule has 128 valence electrons. The van der Waals surface area contributed by atoms with Gasteiger partial charge in [-0.3, -0.25) is 0 Å². The minimum absolute atomic E-state index is 0.128. The predicted molar refractivity (Wildman–Crippen MR) is 93.7 cm³/mol. The van der Waals surface area contributed by atoms with Crippen LogP contribution in [0.5, 0.6) is 11.5 Å². The summed E-state index contributed by atoms with van der Waals surface area (Å²) < 4.78 is 34.6. The van der Waals surface area contributed by atoms with Gasteiger partial charge >= 0.3 is 0 Å². The number of rotatable bonds is 6. The Kier molecular flexibility index (Phi) is 5.69. The van der Waals surface area contributed by atoms with Crippen LogP contribution in [0.3, 0.4) is 0 Å². The molecule has 0 spiro atoms. The zero-order valence-corrected chi connectivity index (χ0v) is 15.0. The van der Waals surface area contributed by atoms with Gasteiger partial charge < -0.3 is 9.47 Å². The van der Waals surface area contributed by atoms with Gasteiger partial charge in [-0.1, -0.05) is 29.3 Å². The van der Waals surface area contributed by atoms with E-state index in [1.165, 1.54) is 32.6 Å². The Bertz CT molecular complexity index is 849. The Morgan fingerprint density at radius 2 is 1.67 bits per heavy atom. The van der Waals surface area contributed by atoms with Crippen molar-refractivity contribution in [1.29, 1.82) is 0 Å². The molecule has 0 bridgehead atoms. The second kappa shape index (κ2) is 7.55. The SMILES string of the molecule is COc1cc(Cl)c(C=NNS(=O)(=O)c2ccc(C)cc2)cc1OC. The van der Waals surface area contributed by atoms with E-state index in [4.69, 9.17) is 21.1 Å². The standard InChI is InChI=1S/C16H17ClN2O4S/c1-11-4-6-13(7-5-11)24(20,21)19-18-10-12-8-15(22-2)16(23-3)9-14(12)17/h4-10,19H,1-3H3. The molecule has 0 unspecified atom stereocenters. The summed E-state index contributed by atoms with van der Waals surface area (Å²) >= 11 is 6.12. The Balaban J connectivity index is 2.21. The second-order valence-electron chi connectivity index (χ2n) is 4.89. The summed E-state index contributed by atoms with van der Waals surface area (Å²) in [5, 5.41) is 4.11. The topological polar surface area (TPSA) is 77.0 Å². The van der Waals surface area contributed by atoms with Crippen LogP contribution in [0.2, 0.25) is 5.02 Å². The average molecular weight is 369 g/mol. The van der Waals surface area contributed by atoms with E-state index < -0.39 is 10.0 Å². The fraction of sp³-hybridized carbons (Fsp3) is 0.188. The van der Waals surface area contributed by atoms with E-state index in [-0.39, 0.29) is 4.90 Å². The van der Waals surface area contributed by atoms with Crippen molar-refractivity contribution in [2.45, 2.75) is 11.8 Å². The van der Waals surface area contributed by atoms with Crippen LogP contribution in [0.15, 0.2) is 46.4 Å². The van der Waals surface area contributed by atoms with Gasteiger partial charge in [-0.05, 0) is 25.1 Å². The number of ether oxygens (including phenoxy) is 2. The quantitative estimate of drug-likeness (QED) is 0.628. The lowest BCUT2D eigenvalue weighted by Crippen LogP contribution is -2.18. The molecule has 0 fully saturated rings. The van der Waals surface area contributed by atoms with Crippen molar-refractivity contribution in [3.05, 3.63) is 52.5 Å². The maximum atomic E-state index is 12.1. The van der Waals surface area contributed by atoms with Crippen molar-refractivity contribution in [2.75, 3.05) is 14.2 Å². The van der Waals surface area contributed by atoms with Crippen molar-refractivity contribution in [3.63, 3.8) is 0 Å². The van der Waals surface area contributed by atoms with Gasteiger partial charge in [0.2, 0.25) is 0 Å². The van der Waals surface area contributed by atoms with Crippen LogP contribution in [0.1, 0.15) is 11.1 Å². The van der Waals surface area contributed by atoms with Crippen molar-refractivity contribution >= 4 is 27.8 Å². The third-order valence-electron chi connectivity index (χ3n) is 3.21. The molecule has 2 aromatic carbocycles. The molecule has 0 amide bonds. The summed E-state index contributed by atoms with van der Waals surface area (Å²) in [6, 6.07) is 9.61. The molecule has 0 aliphatic rings. The molecule has 0 atom stereocenters. The third kappa shape index (κ3) is 4.18. The minimum Gasteiger partial charge on any atom is -0.493 e. The van der Waals surface area contributed by atoms with Gasteiger partial charge in [0.05, 0.1) is 30.4 Å². The number of hydrazone groups is 1. The van der Waals surface area contributed by atoms with Gasteiger partial charge in [-0.15, -0.1) is 0 Å². The first-order chi connectivity index (χ1) is 11.4. The van der Waals surface area contributed by atoms with Crippen LogP contribution in [0.25, 0.3) is 0 Å².